The average Bonchev–Trinajstić information content (AvgIpc) is 3.10. The molecule has 0 atom stereocenters. The summed E-state index contributed by atoms with van der Waals surface area (Å²) in [5, 5.41) is 6.51. The number of nitrogens with zero attached hydrogens (tertiary/aromatic N) is 1. The van der Waals surface area contributed by atoms with Gasteiger partial charge in [-0.2, -0.15) is 0 Å². The first-order valence-corrected chi connectivity index (χ1v) is 13.2. The average molecular weight is 550 g/mol. The van der Waals surface area contributed by atoms with E-state index in [4.69, 9.17) is 16.3 Å². The molecular formula is C29H28ClN3O4S. The Morgan fingerprint density at radius 1 is 0.947 bits per heavy atom. The molecule has 0 fully saturated rings. The maximum atomic E-state index is 13.4. The molecule has 0 saturated heterocycles. The van der Waals surface area contributed by atoms with Crippen LogP contribution in [0.4, 0.5) is 11.4 Å². The van der Waals surface area contributed by atoms with Crippen LogP contribution < -0.4 is 10.6 Å². The van der Waals surface area contributed by atoms with Gasteiger partial charge in [-0.1, -0.05) is 41.6 Å². The minimum atomic E-state index is -0.378. The largest absolute Gasteiger partial charge is 0.385 e. The van der Waals surface area contributed by atoms with Crippen molar-refractivity contribution in [2.24, 2.45) is 0 Å². The van der Waals surface area contributed by atoms with Gasteiger partial charge in [0.15, 0.2) is 0 Å². The Balaban J connectivity index is 1.60. The van der Waals surface area contributed by atoms with Gasteiger partial charge in [0, 0.05) is 47.1 Å². The van der Waals surface area contributed by atoms with Crippen LogP contribution in [-0.4, -0.2) is 42.9 Å². The minimum Gasteiger partial charge on any atom is -0.385 e. The van der Waals surface area contributed by atoms with Crippen molar-refractivity contribution in [1.82, 2.24) is 4.90 Å². The summed E-state index contributed by atoms with van der Waals surface area (Å²) in [5.41, 5.74) is 4.14. The summed E-state index contributed by atoms with van der Waals surface area (Å²) in [5.74, 6) is -1.05. The molecule has 2 N–H and O–H groups in total. The van der Waals surface area contributed by atoms with Crippen LogP contribution >= 0.6 is 23.4 Å². The van der Waals surface area contributed by atoms with Crippen molar-refractivity contribution in [3.8, 4) is 0 Å². The lowest BCUT2D eigenvalue weighted by molar-refractivity contribution is -0.137. The second-order valence-electron chi connectivity index (χ2n) is 8.83. The number of amides is 3. The fourth-order valence-electron chi connectivity index (χ4n) is 3.88. The molecule has 0 saturated carbocycles. The van der Waals surface area contributed by atoms with E-state index in [1.807, 2.05) is 38.1 Å². The summed E-state index contributed by atoms with van der Waals surface area (Å²) in [4.78, 5) is 41.6. The Kier molecular flexibility index (Phi) is 8.89. The molecule has 1 heterocycles. The van der Waals surface area contributed by atoms with Crippen molar-refractivity contribution in [2.45, 2.75) is 25.2 Å². The topological polar surface area (TPSA) is 87.7 Å². The SMILES string of the molecule is COCCCN1C(=O)C(Nc2ccc(C)c(C)c2)=C(Sc2cccc(NC(=O)c3cccc(Cl)c3)c2)C1=O. The zero-order chi connectivity index (χ0) is 27.2. The highest BCUT2D eigenvalue weighted by Gasteiger charge is 2.38. The molecule has 3 aromatic carbocycles. The van der Waals surface area contributed by atoms with Crippen LogP contribution in [-0.2, 0) is 14.3 Å². The molecule has 1 aliphatic heterocycles. The van der Waals surface area contributed by atoms with Gasteiger partial charge < -0.3 is 15.4 Å². The number of halogens is 1. The lowest BCUT2D eigenvalue weighted by Gasteiger charge is -2.15. The molecule has 4 rings (SSSR count). The molecule has 0 bridgehead atoms. The summed E-state index contributed by atoms with van der Waals surface area (Å²) < 4.78 is 5.10. The van der Waals surface area contributed by atoms with E-state index < -0.39 is 0 Å². The van der Waals surface area contributed by atoms with Gasteiger partial charge in [0.05, 0.1) is 0 Å². The van der Waals surface area contributed by atoms with Gasteiger partial charge in [-0.25, -0.2) is 0 Å². The third-order valence-corrected chi connectivity index (χ3v) is 7.34. The highest BCUT2D eigenvalue weighted by atomic mass is 35.5. The van der Waals surface area contributed by atoms with Gasteiger partial charge in [-0.3, -0.25) is 19.3 Å². The fraction of sp³-hybridized carbons (Fsp3) is 0.207. The third-order valence-electron chi connectivity index (χ3n) is 6.03. The smallest absolute Gasteiger partial charge is 0.278 e. The van der Waals surface area contributed by atoms with Crippen molar-refractivity contribution >= 4 is 52.5 Å². The first-order valence-electron chi connectivity index (χ1n) is 12.1. The van der Waals surface area contributed by atoms with Crippen LogP contribution in [0.5, 0.6) is 0 Å². The summed E-state index contributed by atoms with van der Waals surface area (Å²) in [6.45, 7) is 4.70. The number of carbonyl (C=O) groups is 3. The zero-order valence-electron chi connectivity index (χ0n) is 21.3. The normalized spacial score (nSPS) is 13.3. The molecule has 0 radical (unpaired) electrons. The molecule has 0 aliphatic carbocycles. The number of hydrogen-bond acceptors (Lipinski definition) is 6. The lowest BCUT2D eigenvalue weighted by Crippen LogP contribution is -2.33. The number of hydrogen-bond donors (Lipinski definition) is 2. The fourth-order valence-corrected chi connectivity index (χ4v) is 5.08. The highest BCUT2D eigenvalue weighted by Crippen LogP contribution is 2.37. The van der Waals surface area contributed by atoms with Crippen LogP contribution in [0.3, 0.4) is 0 Å². The highest BCUT2D eigenvalue weighted by molar-refractivity contribution is 8.04. The Morgan fingerprint density at radius 2 is 1.74 bits per heavy atom. The molecule has 0 unspecified atom stereocenters. The molecule has 0 aromatic heterocycles. The van der Waals surface area contributed by atoms with Crippen LogP contribution in [0.25, 0.3) is 0 Å². The van der Waals surface area contributed by atoms with Crippen LogP contribution in [0.1, 0.15) is 27.9 Å². The summed E-state index contributed by atoms with van der Waals surface area (Å²) >= 11 is 7.19. The lowest BCUT2D eigenvalue weighted by atomic mass is 10.1. The van der Waals surface area contributed by atoms with Crippen molar-refractivity contribution < 1.29 is 19.1 Å². The second kappa shape index (κ2) is 12.3. The van der Waals surface area contributed by atoms with E-state index in [1.165, 1.54) is 16.7 Å². The molecule has 0 spiro atoms. The number of ether oxygens (including phenoxy) is 1. The van der Waals surface area contributed by atoms with Gasteiger partial charge >= 0.3 is 0 Å². The first kappa shape index (κ1) is 27.4. The molecular weight excluding hydrogens is 522 g/mol. The molecule has 3 aromatic rings. The van der Waals surface area contributed by atoms with E-state index in [2.05, 4.69) is 10.6 Å². The minimum absolute atomic E-state index is 0.231. The number of rotatable bonds is 10. The van der Waals surface area contributed by atoms with Gasteiger partial charge in [-0.05, 0) is 79.9 Å². The third kappa shape index (κ3) is 6.45. The Morgan fingerprint density at radius 3 is 2.47 bits per heavy atom. The standard InChI is InChI=1S/C29H28ClN3O4S/c1-18-11-12-23(15-19(18)2)31-25-26(29(36)33(28(25)35)13-6-14-37-3)38-24-10-5-9-22(17-24)32-27(34)20-7-4-8-21(30)16-20/h4-5,7-12,15-17,31H,6,13-14H2,1-3H3,(H,32,34). The Labute approximate surface area is 231 Å². The second-order valence-corrected chi connectivity index (χ2v) is 10.4. The zero-order valence-corrected chi connectivity index (χ0v) is 22.9. The maximum absolute atomic E-state index is 13.4. The summed E-state index contributed by atoms with van der Waals surface area (Å²) in [6, 6.07) is 19.6. The monoisotopic (exact) mass is 549 g/mol. The van der Waals surface area contributed by atoms with E-state index in [-0.39, 0.29) is 30.0 Å². The number of carbonyl (C=O) groups excluding carboxylic acids is 3. The Hall–Kier alpha value is -3.59. The maximum Gasteiger partial charge on any atom is 0.278 e. The van der Waals surface area contributed by atoms with Gasteiger partial charge in [0.1, 0.15) is 10.6 Å². The summed E-state index contributed by atoms with van der Waals surface area (Å²) in [6.07, 6.45) is 0.536. The predicted octanol–water partition coefficient (Wildman–Crippen LogP) is 6.03. The van der Waals surface area contributed by atoms with E-state index in [0.717, 1.165) is 16.8 Å². The van der Waals surface area contributed by atoms with Crippen LogP contribution in [0.2, 0.25) is 5.02 Å². The molecule has 196 valence electrons. The van der Waals surface area contributed by atoms with Crippen molar-refractivity contribution in [2.75, 3.05) is 30.9 Å². The molecule has 7 nitrogen and oxygen atoms in total. The van der Waals surface area contributed by atoms with E-state index >= 15 is 0 Å². The summed E-state index contributed by atoms with van der Waals surface area (Å²) in [7, 11) is 1.58. The van der Waals surface area contributed by atoms with Crippen LogP contribution in [0, 0.1) is 13.8 Å². The first-order chi connectivity index (χ1) is 18.3. The van der Waals surface area contributed by atoms with Gasteiger partial charge in [-0.15, -0.1) is 0 Å². The van der Waals surface area contributed by atoms with E-state index in [9.17, 15) is 14.4 Å². The predicted molar refractivity (Wildman–Crippen MR) is 151 cm³/mol. The van der Waals surface area contributed by atoms with E-state index in [0.29, 0.717) is 39.1 Å². The number of thioether (sulfide) groups is 1. The molecule has 9 heteroatoms. The quantitative estimate of drug-likeness (QED) is 0.237. The number of aryl methyl sites for hydroxylation is 2. The number of methoxy groups -OCH3 is 1. The molecule has 3 amide bonds. The van der Waals surface area contributed by atoms with Crippen molar-refractivity contribution in [1.29, 1.82) is 0 Å². The number of imide groups is 1. The number of anilines is 2. The van der Waals surface area contributed by atoms with Crippen LogP contribution in [0.15, 0.2) is 82.2 Å². The molecule has 38 heavy (non-hydrogen) atoms. The number of benzene rings is 3. The van der Waals surface area contributed by atoms with E-state index in [1.54, 1.807) is 49.6 Å². The van der Waals surface area contributed by atoms with Crippen molar-refractivity contribution in [3.05, 3.63) is 99.0 Å². The van der Waals surface area contributed by atoms with Gasteiger partial charge in [0.2, 0.25) is 0 Å². The van der Waals surface area contributed by atoms with Gasteiger partial charge in [0.25, 0.3) is 17.7 Å². The molecule has 1 aliphatic rings. The number of nitrogens with one attached hydrogen (secondary N) is 2. The van der Waals surface area contributed by atoms with Crippen molar-refractivity contribution in [3.63, 3.8) is 0 Å². The Bertz CT molecular complexity index is 1420.